The number of rotatable bonds is 10. The molecule has 0 aliphatic heterocycles. The van der Waals surface area contributed by atoms with Crippen molar-refractivity contribution in [3.05, 3.63) is 164 Å². The van der Waals surface area contributed by atoms with Crippen LogP contribution in [0.4, 0.5) is 42.1 Å². The van der Waals surface area contributed by atoms with Gasteiger partial charge in [-0.25, -0.2) is 17.6 Å². The molecule has 0 spiro atoms. The number of amides is 3. The summed E-state index contributed by atoms with van der Waals surface area (Å²) in [7, 11) is 0. The van der Waals surface area contributed by atoms with Crippen molar-refractivity contribution in [2.75, 3.05) is 10.6 Å². The summed E-state index contributed by atoms with van der Waals surface area (Å²) in [6, 6.07) is 26.2. The Morgan fingerprint density at radius 2 is 1.28 bits per heavy atom. The van der Waals surface area contributed by atoms with Crippen molar-refractivity contribution in [3.8, 4) is 0 Å². The molecule has 6 nitrogen and oxygen atoms in total. The first-order chi connectivity index (χ1) is 25.1. The van der Waals surface area contributed by atoms with E-state index in [0.717, 1.165) is 11.8 Å². The standard InChI is InChI=1S/C37H22Cl2F7N3O3S/c38-24-13-7-12-21(27(24)39)18-25(48-34(50)20-10-5-2-6-11-20)35(51)47-22-14-16-23(17-15-22)53-33(19-8-3-1-4-9-19)36(52)49-32-30(42)28(40)26(37(44,45)46)29(41)31(32)43/h1-18,33H,(H,47,51)(H,48,50)(H,49,52)/b25-18-. The van der Waals surface area contributed by atoms with E-state index in [1.165, 1.54) is 54.6 Å². The highest BCUT2D eigenvalue weighted by molar-refractivity contribution is 8.00. The van der Waals surface area contributed by atoms with E-state index in [2.05, 4.69) is 10.6 Å². The van der Waals surface area contributed by atoms with Crippen molar-refractivity contribution in [3.63, 3.8) is 0 Å². The van der Waals surface area contributed by atoms with Crippen LogP contribution in [0.5, 0.6) is 0 Å². The molecule has 0 aliphatic carbocycles. The molecular weight excluding hydrogens is 770 g/mol. The van der Waals surface area contributed by atoms with Crippen molar-refractivity contribution >= 4 is 70.1 Å². The van der Waals surface area contributed by atoms with Gasteiger partial charge in [0.05, 0.1) is 10.0 Å². The van der Waals surface area contributed by atoms with E-state index in [4.69, 9.17) is 23.2 Å². The topological polar surface area (TPSA) is 87.3 Å². The molecule has 0 aromatic heterocycles. The summed E-state index contributed by atoms with van der Waals surface area (Å²) in [5.41, 5.74) is -3.64. The van der Waals surface area contributed by atoms with Crippen LogP contribution in [0.25, 0.3) is 6.08 Å². The molecule has 0 bridgehead atoms. The quantitative estimate of drug-likeness (QED) is 0.0569. The molecule has 53 heavy (non-hydrogen) atoms. The average molecular weight is 793 g/mol. The third kappa shape index (κ3) is 9.20. The molecule has 1 atom stereocenters. The van der Waals surface area contributed by atoms with E-state index in [-0.39, 0.29) is 32.6 Å². The molecule has 5 aromatic carbocycles. The summed E-state index contributed by atoms with van der Waals surface area (Å²) in [5, 5.41) is 5.88. The number of anilines is 2. The number of hydrogen-bond acceptors (Lipinski definition) is 4. The zero-order valence-electron chi connectivity index (χ0n) is 26.5. The van der Waals surface area contributed by atoms with Crippen LogP contribution >= 0.6 is 35.0 Å². The van der Waals surface area contributed by atoms with Crippen LogP contribution in [0.1, 0.15) is 32.3 Å². The number of halogens is 9. The number of carbonyl (C=O) groups is 3. The van der Waals surface area contributed by atoms with Crippen molar-refractivity contribution in [1.29, 1.82) is 0 Å². The van der Waals surface area contributed by atoms with Crippen LogP contribution < -0.4 is 16.0 Å². The van der Waals surface area contributed by atoms with E-state index in [1.54, 1.807) is 59.9 Å². The molecule has 272 valence electrons. The van der Waals surface area contributed by atoms with Gasteiger partial charge in [0.1, 0.15) is 22.2 Å². The Balaban J connectivity index is 1.38. The van der Waals surface area contributed by atoms with E-state index in [9.17, 15) is 45.1 Å². The first-order valence-corrected chi connectivity index (χ1v) is 16.7. The Bertz CT molecular complexity index is 2180. The maximum Gasteiger partial charge on any atom is 0.422 e. The van der Waals surface area contributed by atoms with Gasteiger partial charge in [-0.2, -0.15) is 13.2 Å². The largest absolute Gasteiger partial charge is 0.422 e. The van der Waals surface area contributed by atoms with Gasteiger partial charge in [-0.1, -0.05) is 83.9 Å². The summed E-state index contributed by atoms with van der Waals surface area (Å²) in [6.07, 6.45) is -4.43. The van der Waals surface area contributed by atoms with Crippen LogP contribution in [-0.2, 0) is 15.8 Å². The maximum absolute atomic E-state index is 14.6. The van der Waals surface area contributed by atoms with Crippen molar-refractivity contribution < 1.29 is 45.1 Å². The number of alkyl halides is 3. The summed E-state index contributed by atoms with van der Waals surface area (Å²) in [4.78, 5) is 40.1. The van der Waals surface area contributed by atoms with Crippen LogP contribution in [0.2, 0.25) is 10.0 Å². The molecule has 1 unspecified atom stereocenters. The highest BCUT2D eigenvalue weighted by Gasteiger charge is 2.43. The van der Waals surface area contributed by atoms with Gasteiger partial charge in [-0.15, -0.1) is 11.8 Å². The van der Waals surface area contributed by atoms with Crippen molar-refractivity contribution in [2.45, 2.75) is 16.3 Å². The molecule has 5 aromatic rings. The monoisotopic (exact) mass is 791 g/mol. The van der Waals surface area contributed by atoms with E-state index in [1.807, 2.05) is 0 Å². The Hall–Kier alpha value is -5.31. The second-order valence-electron chi connectivity index (χ2n) is 10.9. The molecule has 5 rings (SSSR count). The molecule has 0 radical (unpaired) electrons. The van der Waals surface area contributed by atoms with Crippen LogP contribution in [0.3, 0.4) is 0 Å². The van der Waals surface area contributed by atoms with Crippen LogP contribution in [0.15, 0.2) is 114 Å². The Kier molecular flexibility index (Phi) is 12.2. The minimum atomic E-state index is -5.76. The maximum atomic E-state index is 14.6. The van der Waals surface area contributed by atoms with Gasteiger partial charge in [0.15, 0.2) is 23.3 Å². The summed E-state index contributed by atoms with van der Waals surface area (Å²) in [5.74, 6) is -12.9. The van der Waals surface area contributed by atoms with E-state index < -0.39 is 63.7 Å². The molecule has 3 amide bonds. The number of carbonyl (C=O) groups excluding carboxylic acids is 3. The minimum absolute atomic E-state index is 0.130. The smallest absolute Gasteiger partial charge is 0.321 e. The van der Waals surface area contributed by atoms with Crippen molar-refractivity contribution in [2.24, 2.45) is 0 Å². The lowest BCUT2D eigenvalue weighted by Gasteiger charge is -2.19. The number of thioether (sulfide) groups is 1. The lowest BCUT2D eigenvalue weighted by Crippen LogP contribution is -2.30. The average Bonchev–Trinajstić information content (AvgIpc) is 3.13. The van der Waals surface area contributed by atoms with Gasteiger partial charge < -0.3 is 16.0 Å². The second kappa shape index (κ2) is 16.6. The fourth-order valence-electron chi connectivity index (χ4n) is 4.76. The molecule has 0 fully saturated rings. The molecule has 3 N–H and O–H groups in total. The van der Waals surface area contributed by atoms with E-state index in [0.29, 0.717) is 10.5 Å². The summed E-state index contributed by atoms with van der Waals surface area (Å²) >= 11 is 13.3. The highest BCUT2D eigenvalue weighted by atomic mass is 35.5. The third-order valence-corrected chi connectivity index (χ3v) is 9.41. The molecule has 16 heteroatoms. The summed E-state index contributed by atoms with van der Waals surface area (Å²) in [6.45, 7) is 0. The molecule has 0 saturated heterocycles. The fraction of sp³-hybridized carbons (Fsp3) is 0.0541. The zero-order valence-corrected chi connectivity index (χ0v) is 28.8. The zero-order chi connectivity index (χ0) is 38.4. The first-order valence-electron chi connectivity index (χ1n) is 15.0. The van der Waals surface area contributed by atoms with Crippen LogP contribution in [0, 0.1) is 23.3 Å². The molecule has 0 heterocycles. The number of nitrogens with one attached hydrogen (secondary N) is 3. The minimum Gasteiger partial charge on any atom is -0.321 e. The predicted octanol–water partition coefficient (Wildman–Crippen LogP) is 10.5. The lowest BCUT2D eigenvalue weighted by molar-refractivity contribution is -0.143. The van der Waals surface area contributed by atoms with Crippen molar-refractivity contribution in [1.82, 2.24) is 5.32 Å². The van der Waals surface area contributed by atoms with Gasteiger partial charge in [0.2, 0.25) is 5.91 Å². The number of benzene rings is 5. The number of hydrogen-bond donors (Lipinski definition) is 3. The summed E-state index contributed by atoms with van der Waals surface area (Å²) < 4.78 is 97.0. The second-order valence-corrected chi connectivity index (χ2v) is 12.9. The van der Waals surface area contributed by atoms with Gasteiger partial charge in [-0.3, -0.25) is 14.4 Å². The highest BCUT2D eigenvalue weighted by Crippen LogP contribution is 2.41. The van der Waals surface area contributed by atoms with Gasteiger partial charge in [0, 0.05) is 16.1 Å². The SMILES string of the molecule is O=C(Nc1ccc(SC(C(=O)Nc2c(F)c(F)c(C(F)(F)F)c(F)c2F)c2ccccc2)cc1)/C(=C/c1cccc(Cl)c1Cl)NC(=O)c1ccccc1. The van der Waals surface area contributed by atoms with Gasteiger partial charge in [-0.05, 0) is 59.7 Å². The van der Waals surface area contributed by atoms with Gasteiger partial charge >= 0.3 is 6.18 Å². The van der Waals surface area contributed by atoms with Crippen LogP contribution in [-0.4, -0.2) is 17.7 Å². The predicted molar refractivity (Wildman–Crippen MR) is 188 cm³/mol. The molecule has 0 aliphatic rings. The Morgan fingerprint density at radius 3 is 1.87 bits per heavy atom. The first kappa shape index (κ1) is 38.9. The third-order valence-electron chi connectivity index (χ3n) is 7.31. The van der Waals surface area contributed by atoms with Gasteiger partial charge in [0.25, 0.3) is 11.8 Å². The Morgan fingerprint density at radius 1 is 0.698 bits per heavy atom. The van der Waals surface area contributed by atoms with E-state index >= 15 is 0 Å². The lowest BCUT2D eigenvalue weighted by atomic mass is 10.1. The molecular formula is C37H22Cl2F7N3O3S. The molecule has 0 saturated carbocycles. The Labute approximate surface area is 311 Å². The fourth-order valence-corrected chi connectivity index (χ4v) is 6.15. The normalized spacial score (nSPS) is 12.2.